The van der Waals surface area contributed by atoms with E-state index in [1.54, 1.807) is 19.9 Å². The van der Waals surface area contributed by atoms with Gasteiger partial charge in [0.15, 0.2) is 5.78 Å². The van der Waals surface area contributed by atoms with Crippen molar-refractivity contribution in [1.82, 2.24) is 0 Å². The summed E-state index contributed by atoms with van der Waals surface area (Å²) in [5.41, 5.74) is 0.0284. The summed E-state index contributed by atoms with van der Waals surface area (Å²) in [5.74, 6) is -1.87. The molecule has 30 heavy (non-hydrogen) atoms. The lowest BCUT2D eigenvalue weighted by Crippen LogP contribution is -2.21. The van der Waals surface area contributed by atoms with E-state index in [2.05, 4.69) is 0 Å². The minimum absolute atomic E-state index is 0.0926. The first-order valence-electron chi connectivity index (χ1n) is 9.57. The van der Waals surface area contributed by atoms with E-state index < -0.39 is 23.5 Å². The van der Waals surface area contributed by atoms with Gasteiger partial charge in [-0.05, 0) is 49.6 Å². The molecule has 0 saturated carbocycles. The molecule has 2 N–H and O–H groups in total. The van der Waals surface area contributed by atoms with Gasteiger partial charge >= 0.3 is 5.97 Å². The number of aromatic carboxylic acids is 1. The molecular formula is C23H27FO6. The van der Waals surface area contributed by atoms with E-state index in [1.165, 1.54) is 12.1 Å². The summed E-state index contributed by atoms with van der Waals surface area (Å²) in [4.78, 5) is 23.4. The zero-order chi connectivity index (χ0) is 22.6. The highest BCUT2D eigenvalue weighted by Gasteiger charge is 2.22. The van der Waals surface area contributed by atoms with Crippen LogP contribution < -0.4 is 9.47 Å². The van der Waals surface area contributed by atoms with Gasteiger partial charge in [0.2, 0.25) is 0 Å². The number of Topliss-reactive ketones (excluding diaryl/α,β-unsaturated/α-hetero) is 1. The Hall–Kier alpha value is -3.09. The quantitative estimate of drug-likeness (QED) is 0.586. The van der Waals surface area contributed by atoms with Gasteiger partial charge in [-0.1, -0.05) is 20.8 Å². The standard InChI is InChI=1S/C23H27FO6/c1-13(30-15-6-8-18(24)17(10-15)22(27)28)12-29-20-9-7-16(21(26)14(20)2)19(25)11-23(3,4)5/h6-10,13,26H,11-12H2,1-5H3,(H,27,28)/t13-/m0/s1. The minimum atomic E-state index is -1.38. The fourth-order valence-corrected chi connectivity index (χ4v) is 2.85. The van der Waals surface area contributed by atoms with Crippen molar-refractivity contribution < 1.29 is 33.7 Å². The molecule has 2 aromatic rings. The van der Waals surface area contributed by atoms with Gasteiger partial charge in [0.1, 0.15) is 35.8 Å². The number of phenolic OH excluding ortho intramolecular Hbond substituents is 1. The average Bonchev–Trinajstić information content (AvgIpc) is 2.62. The van der Waals surface area contributed by atoms with Crippen LogP contribution in [0.5, 0.6) is 17.2 Å². The van der Waals surface area contributed by atoms with E-state index in [4.69, 9.17) is 14.6 Å². The van der Waals surface area contributed by atoms with Crippen molar-refractivity contribution in [2.45, 2.75) is 47.1 Å². The molecule has 0 fully saturated rings. The first-order valence-corrected chi connectivity index (χ1v) is 9.57. The second kappa shape index (κ2) is 9.15. The molecule has 0 saturated heterocycles. The summed E-state index contributed by atoms with van der Waals surface area (Å²) in [7, 11) is 0. The van der Waals surface area contributed by atoms with Gasteiger partial charge in [-0.15, -0.1) is 0 Å². The summed E-state index contributed by atoms with van der Waals surface area (Å²) in [5, 5.41) is 19.4. The number of rotatable bonds is 8. The normalized spacial score (nSPS) is 12.3. The van der Waals surface area contributed by atoms with Gasteiger partial charge in [0.05, 0.1) is 11.1 Å². The van der Waals surface area contributed by atoms with Crippen molar-refractivity contribution in [2.75, 3.05) is 6.61 Å². The lowest BCUT2D eigenvalue weighted by molar-refractivity contribution is 0.0690. The van der Waals surface area contributed by atoms with Crippen LogP contribution in [0.2, 0.25) is 0 Å². The molecule has 2 rings (SSSR count). The Labute approximate surface area is 175 Å². The number of benzene rings is 2. The number of ketones is 1. The maximum absolute atomic E-state index is 13.5. The molecule has 0 aliphatic heterocycles. The summed E-state index contributed by atoms with van der Waals surface area (Å²) in [6, 6.07) is 6.64. The molecule has 1 atom stereocenters. The molecule has 0 radical (unpaired) electrons. The Bertz CT molecular complexity index is 945. The fraction of sp³-hybridized carbons (Fsp3) is 0.391. The number of hydrogen-bond donors (Lipinski definition) is 2. The predicted octanol–water partition coefficient (Wildman–Crippen LogP) is 5.00. The molecule has 6 nitrogen and oxygen atoms in total. The van der Waals surface area contributed by atoms with Gasteiger partial charge in [-0.2, -0.15) is 0 Å². The van der Waals surface area contributed by atoms with Gasteiger partial charge < -0.3 is 19.7 Å². The number of halogens is 1. The number of aromatic hydroxyl groups is 1. The van der Waals surface area contributed by atoms with E-state index in [9.17, 15) is 19.1 Å². The third-order valence-electron chi connectivity index (χ3n) is 4.35. The lowest BCUT2D eigenvalue weighted by Gasteiger charge is -2.19. The topological polar surface area (TPSA) is 93.1 Å². The predicted molar refractivity (Wildman–Crippen MR) is 110 cm³/mol. The number of carboxylic acids is 1. The van der Waals surface area contributed by atoms with Crippen molar-refractivity contribution in [3.8, 4) is 17.2 Å². The molecule has 0 spiro atoms. The number of carboxylic acid groups (broad SMARTS) is 1. The number of hydrogen-bond acceptors (Lipinski definition) is 5. The number of ether oxygens (including phenoxy) is 2. The molecule has 0 unspecified atom stereocenters. The Morgan fingerprint density at radius 3 is 2.40 bits per heavy atom. The van der Waals surface area contributed by atoms with E-state index >= 15 is 0 Å². The molecule has 162 valence electrons. The van der Waals surface area contributed by atoms with Crippen molar-refractivity contribution in [1.29, 1.82) is 0 Å². The van der Waals surface area contributed by atoms with Crippen LogP contribution in [0, 0.1) is 18.2 Å². The molecular weight excluding hydrogens is 391 g/mol. The molecule has 0 amide bonds. The van der Waals surface area contributed by atoms with Crippen LogP contribution in [0.4, 0.5) is 4.39 Å². The van der Waals surface area contributed by atoms with Crippen molar-refractivity contribution in [2.24, 2.45) is 5.41 Å². The largest absolute Gasteiger partial charge is 0.507 e. The van der Waals surface area contributed by atoms with Crippen molar-refractivity contribution in [3.63, 3.8) is 0 Å². The second-order valence-corrected chi connectivity index (χ2v) is 8.43. The number of carbonyl (C=O) groups is 2. The highest BCUT2D eigenvalue weighted by molar-refractivity contribution is 5.99. The van der Waals surface area contributed by atoms with Crippen molar-refractivity contribution in [3.05, 3.63) is 52.8 Å². The van der Waals surface area contributed by atoms with Crippen molar-refractivity contribution >= 4 is 11.8 Å². The van der Waals surface area contributed by atoms with Gasteiger partial charge in [0, 0.05) is 12.0 Å². The smallest absolute Gasteiger partial charge is 0.338 e. The first kappa shape index (κ1) is 23.2. The Morgan fingerprint density at radius 2 is 1.80 bits per heavy atom. The maximum Gasteiger partial charge on any atom is 0.338 e. The highest BCUT2D eigenvalue weighted by atomic mass is 19.1. The lowest BCUT2D eigenvalue weighted by atomic mass is 9.87. The van der Waals surface area contributed by atoms with E-state index in [0.29, 0.717) is 17.7 Å². The maximum atomic E-state index is 13.5. The molecule has 0 aliphatic carbocycles. The molecule has 0 heterocycles. The number of phenols is 1. The molecule has 7 heteroatoms. The van der Waals surface area contributed by atoms with Crippen LogP contribution in [-0.2, 0) is 0 Å². The Morgan fingerprint density at radius 1 is 1.13 bits per heavy atom. The fourth-order valence-electron chi connectivity index (χ4n) is 2.85. The van der Waals surface area contributed by atoms with Crippen LogP contribution in [-0.4, -0.2) is 34.7 Å². The Balaban J connectivity index is 2.05. The second-order valence-electron chi connectivity index (χ2n) is 8.43. The van der Waals surface area contributed by atoms with Crippen LogP contribution >= 0.6 is 0 Å². The minimum Gasteiger partial charge on any atom is -0.507 e. The van der Waals surface area contributed by atoms with Crippen LogP contribution in [0.3, 0.4) is 0 Å². The summed E-state index contributed by atoms with van der Waals surface area (Å²) >= 11 is 0. The molecule has 0 aromatic heterocycles. The van der Waals surface area contributed by atoms with E-state index in [1.807, 2.05) is 20.8 Å². The van der Waals surface area contributed by atoms with Gasteiger partial charge in [0.25, 0.3) is 0 Å². The third-order valence-corrected chi connectivity index (χ3v) is 4.35. The third kappa shape index (κ3) is 5.95. The zero-order valence-corrected chi connectivity index (χ0v) is 17.8. The van der Waals surface area contributed by atoms with Gasteiger partial charge in [-0.25, -0.2) is 9.18 Å². The van der Waals surface area contributed by atoms with E-state index in [-0.39, 0.29) is 34.9 Å². The highest BCUT2D eigenvalue weighted by Crippen LogP contribution is 2.33. The first-order chi connectivity index (χ1) is 13.9. The summed E-state index contributed by atoms with van der Waals surface area (Å²) < 4.78 is 24.8. The number of carbonyl (C=O) groups excluding carboxylic acids is 1. The van der Waals surface area contributed by atoms with E-state index in [0.717, 1.165) is 12.1 Å². The zero-order valence-electron chi connectivity index (χ0n) is 17.8. The van der Waals surface area contributed by atoms with Crippen LogP contribution in [0.25, 0.3) is 0 Å². The molecule has 0 aliphatic rings. The van der Waals surface area contributed by atoms with Crippen LogP contribution in [0.15, 0.2) is 30.3 Å². The molecule has 2 aromatic carbocycles. The monoisotopic (exact) mass is 418 g/mol. The average molecular weight is 418 g/mol. The molecule has 0 bridgehead atoms. The van der Waals surface area contributed by atoms with Gasteiger partial charge in [-0.3, -0.25) is 4.79 Å². The Kier molecular flexibility index (Phi) is 7.08. The summed E-state index contributed by atoms with van der Waals surface area (Å²) in [6.07, 6.45) is -0.179. The summed E-state index contributed by atoms with van der Waals surface area (Å²) in [6.45, 7) is 9.31. The van der Waals surface area contributed by atoms with Crippen LogP contribution in [0.1, 0.15) is 60.4 Å². The SMILES string of the molecule is Cc1c(OC[C@H](C)Oc2ccc(F)c(C(=O)O)c2)ccc(C(=O)CC(C)(C)C)c1O.